The molecule has 2 saturated heterocycles. The zero-order chi connectivity index (χ0) is 25.5. The number of fused-ring (bicyclic) bond motifs is 1. The first-order chi connectivity index (χ1) is 18.0. The second-order valence-corrected chi connectivity index (χ2v) is 10.7. The maximum absolute atomic E-state index is 9.91. The molecule has 4 aromatic heterocycles. The largest absolute Gasteiger partial charge is 0.393 e. The van der Waals surface area contributed by atoms with Gasteiger partial charge in [-0.3, -0.25) is 9.67 Å². The number of aryl methyl sites for hydroxylation is 2. The van der Waals surface area contributed by atoms with Gasteiger partial charge in [0, 0.05) is 66.8 Å². The fraction of sp³-hybridized carbons (Fsp3) is 0.483. The molecular formula is C29H37N7O. The quantitative estimate of drug-likeness (QED) is 0.413. The van der Waals surface area contributed by atoms with Crippen LogP contribution in [0.15, 0.2) is 36.9 Å². The van der Waals surface area contributed by atoms with E-state index in [1.54, 1.807) is 0 Å². The summed E-state index contributed by atoms with van der Waals surface area (Å²) in [4.78, 5) is 17.9. The van der Waals surface area contributed by atoms with Crippen LogP contribution in [-0.2, 0) is 0 Å². The minimum Gasteiger partial charge on any atom is -0.393 e. The normalized spacial score (nSPS) is 18.2. The van der Waals surface area contributed by atoms with Crippen molar-refractivity contribution in [2.24, 2.45) is 0 Å². The summed E-state index contributed by atoms with van der Waals surface area (Å²) in [5.74, 6) is 0. The van der Waals surface area contributed by atoms with E-state index < -0.39 is 0 Å². The van der Waals surface area contributed by atoms with Crippen LogP contribution in [0.5, 0.6) is 0 Å². The van der Waals surface area contributed by atoms with Crippen molar-refractivity contribution in [2.45, 2.75) is 58.6 Å². The number of hydrogen-bond acceptors (Lipinski definition) is 6. The molecule has 0 radical (unpaired) electrons. The summed E-state index contributed by atoms with van der Waals surface area (Å²) < 4.78 is 2.16. The molecule has 6 rings (SSSR count). The first-order valence-corrected chi connectivity index (χ1v) is 13.7. The molecule has 2 aliphatic heterocycles. The smallest absolute Gasteiger partial charge is 0.137 e. The first-order valence-electron chi connectivity index (χ1n) is 13.7. The number of H-pyrrole nitrogens is 1. The molecule has 4 aromatic rings. The highest BCUT2D eigenvalue weighted by Gasteiger charge is 2.23. The zero-order valence-corrected chi connectivity index (χ0v) is 22.1. The second kappa shape index (κ2) is 9.91. The van der Waals surface area contributed by atoms with E-state index in [0.717, 1.165) is 97.5 Å². The SMILES string of the molecule is CCN1CCC(n2cc(-c3c[nH]c4ncc(-c5cc(C)c(N6CCC(O)CC6)c(C)n5)cc34)cn2)CC1. The van der Waals surface area contributed by atoms with Gasteiger partial charge in [0.25, 0.3) is 0 Å². The van der Waals surface area contributed by atoms with Crippen LogP contribution in [-0.4, -0.2) is 73.6 Å². The van der Waals surface area contributed by atoms with Crippen LogP contribution in [0.3, 0.4) is 0 Å². The van der Waals surface area contributed by atoms with Gasteiger partial charge in [-0.05, 0) is 63.8 Å². The second-order valence-electron chi connectivity index (χ2n) is 10.7. The Morgan fingerprint density at radius 2 is 1.78 bits per heavy atom. The van der Waals surface area contributed by atoms with Gasteiger partial charge in [0.15, 0.2) is 0 Å². The van der Waals surface area contributed by atoms with Gasteiger partial charge >= 0.3 is 0 Å². The molecule has 0 unspecified atom stereocenters. The molecule has 0 spiro atoms. The average Bonchev–Trinajstić information content (AvgIpc) is 3.56. The van der Waals surface area contributed by atoms with Crippen molar-refractivity contribution in [1.82, 2.24) is 29.6 Å². The van der Waals surface area contributed by atoms with Crippen LogP contribution in [0.25, 0.3) is 33.4 Å². The van der Waals surface area contributed by atoms with Gasteiger partial charge in [-0.15, -0.1) is 0 Å². The Labute approximate surface area is 218 Å². The summed E-state index contributed by atoms with van der Waals surface area (Å²) in [6.07, 6.45) is 11.9. The molecule has 2 fully saturated rings. The summed E-state index contributed by atoms with van der Waals surface area (Å²) in [6, 6.07) is 4.83. The number of anilines is 1. The van der Waals surface area contributed by atoms with Gasteiger partial charge in [-0.2, -0.15) is 5.10 Å². The van der Waals surface area contributed by atoms with Gasteiger partial charge in [0.2, 0.25) is 0 Å². The summed E-state index contributed by atoms with van der Waals surface area (Å²) >= 11 is 0. The van der Waals surface area contributed by atoms with Crippen molar-refractivity contribution < 1.29 is 5.11 Å². The Morgan fingerprint density at radius 3 is 2.51 bits per heavy atom. The number of aliphatic hydroxyl groups is 1. The molecule has 0 atom stereocenters. The van der Waals surface area contributed by atoms with Crippen LogP contribution in [0, 0.1) is 13.8 Å². The number of aromatic nitrogens is 5. The van der Waals surface area contributed by atoms with Crippen molar-refractivity contribution in [3.05, 3.63) is 48.2 Å². The third-order valence-corrected chi connectivity index (χ3v) is 8.26. The number of aliphatic hydroxyl groups excluding tert-OH is 1. The summed E-state index contributed by atoms with van der Waals surface area (Å²) in [7, 11) is 0. The molecule has 0 bridgehead atoms. The predicted molar refractivity (Wildman–Crippen MR) is 148 cm³/mol. The molecule has 2 N–H and O–H groups in total. The Kier molecular flexibility index (Phi) is 6.46. The lowest BCUT2D eigenvalue weighted by atomic mass is 10.0. The van der Waals surface area contributed by atoms with Gasteiger partial charge in [0.05, 0.1) is 35.4 Å². The molecular weight excluding hydrogens is 462 g/mol. The maximum atomic E-state index is 9.91. The molecule has 0 amide bonds. The van der Waals surface area contributed by atoms with Crippen LogP contribution < -0.4 is 4.90 Å². The number of pyridine rings is 2. The molecule has 0 saturated carbocycles. The Morgan fingerprint density at radius 1 is 1.00 bits per heavy atom. The third-order valence-electron chi connectivity index (χ3n) is 8.26. The van der Waals surface area contributed by atoms with E-state index >= 15 is 0 Å². The van der Waals surface area contributed by atoms with Crippen molar-refractivity contribution in [1.29, 1.82) is 0 Å². The molecule has 194 valence electrons. The molecule has 8 heteroatoms. The first kappa shape index (κ1) is 24.1. The van der Waals surface area contributed by atoms with E-state index in [1.165, 1.54) is 11.3 Å². The summed E-state index contributed by atoms with van der Waals surface area (Å²) in [5, 5.41) is 15.7. The van der Waals surface area contributed by atoms with E-state index in [1.807, 2.05) is 18.6 Å². The number of nitrogens with one attached hydrogen (secondary N) is 1. The number of likely N-dealkylation sites (tertiary alicyclic amines) is 1. The molecule has 8 nitrogen and oxygen atoms in total. The molecule has 2 aliphatic rings. The number of hydrogen-bond donors (Lipinski definition) is 2. The Hall–Kier alpha value is -3.23. The average molecular weight is 500 g/mol. The predicted octanol–water partition coefficient (Wildman–Crippen LogP) is 4.72. The fourth-order valence-corrected chi connectivity index (χ4v) is 6.10. The third kappa shape index (κ3) is 4.64. The minimum atomic E-state index is -0.182. The molecule has 37 heavy (non-hydrogen) atoms. The molecule has 0 aromatic carbocycles. The van der Waals surface area contributed by atoms with E-state index in [2.05, 4.69) is 58.6 Å². The standard InChI is InChI=1S/C29H37N7O/c1-4-34-9-5-23(6-10-34)36-18-22(16-32-36)26-17-31-29-25(26)14-21(15-30-29)27-13-19(2)28(20(3)33-27)35-11-7-24(37)8-12-35/h13-18,23-24,37H,4-12H2,1-3H3,(H,30,31). The van der Waals surface area contributed by atoms with Crippen LogP contribution in [0.2, 0.25) is 0 Å². The maximum Gasteiger partial charge on any atom is 0.137 e. The lowest BCUT2D eigenvalue weighted by Crippen LogP contribution is -2.36. The highest BCUT2D eigenvalue weighted by molar-refractivity contribution is 5.95. The molecule has 0 aliphatic carbocycles. The number of nitrogens with zero attached hydrogens (tertiary/aromatic N) is 6. The molecule has 6 heterocycles. The highest BCUT2D eigenvalue weighted by Crippen LogP contribution is 2.34. The number of rotatable bonds is 5. The number of aromatic amines is 1. The van der Waals surface area contributed by atoms with Crippen molar-refractivity contribution in [2.75, 3.05) is 37.6 Å². The van der Waals surface area contributed by atoms with Gasteiger partial charge in [-0.1, -0.05) is 6.92 Å². The van der Waals surface area contributed by atoms with Crippen molar-refractivity contribution in [3.8, 4) is 22.4 Å². The lowest BCUT2D eigenvalue weighted by molar-refractivity contribution is 0.145. The monoisotopic (exact) mass is 499 g/mol. The van der Waals surface area contributed by atoms with Gasteiger partial charge in [-0.25, -0.2) is 4.98 Å². The topological polar surface area (TPSA) is 86.1 Å². The van der Waals surface area contributed by atoms with Crippen LogP contribution in [0.4, 0.5) is 5.69 Å². The van der Waals surface area contributed by atoms with E-state index in [0.29, 0.717) is 6.04 Å². The van der Waals surface area contributed by atoms with E-state index in [9.17, 15) is 5.11 Å². The van der Waals surface area contributed by atoms with E-state index in [-0.39, 0.29) is 6.10 Å². The summed E-state index contributed by atoms with van der Waals surface area (Å²) in [6.45, 7) is 11.6. The summed E-state index contributed by atoms with van der Waals surface area (Å²) in [5.41, 5.74) is 8.50. The Bertz CT molecular complexity index is 1370. The van der Waals surface area contributed by atoms with Crippen molar-refractivity contribution >= 4 is 16.7 Å². The lowest BCUT2D eigenvalue weighted by Gasteiger charge is -2.33. The minimum absolute atomic E-state index is 0.182. The van der Waals surface area contributed by atoms with Crippen LogP contribution in [0.1, 0.15) is 49.9 Å². The van der Waals surface area contributed by atoms with Crippen LogP contribution >= 0.6 is 0 Å². The van der Waals surface area contributed by atoms with E-state index in [4.69, 9.17) is 15.1 Å². The van der Waals surface area contributed by atoms with Gasteiger partial charge in [0.1, 0.15) is 5.65 Å². The fourth-order valence-electron chi connectivity index (χ4n) is 6.10. The Balaban J connectivity index is 1.28. The number of piperidine rings is 2. The zero-order valence-electron chi connectivity index (χ0n) is 22.1. The van der Waals surface area contributed by atoms with Gasteiger partial charge < -0.3 is 19.9 Å². The van der Waals surface area contributed by atoms with Crippen molar-refractivity contribution in [3.63, 3.8) is 0 Å². The highest BCUT2D eigenvalue weighted by atomic mass is 16.3.